The van der Waals surface area contributed by atoms with E-state index in [1.807, 2.05) is 0 Å². The number of hydrazine groups is 1. The van der Waals surface area contributed by atoms with Gasteiger partial charge >= 0.3 is 0 Å². The van der Waals surface area contributed by atoms with E-state index in [0.717, 1.165) is 25.9 Å². The second kappa shape index (κ2) is 7.26. The molecule has 5 atom stereocenters. The van der Waals surface area contributed by atoms with Gasteiger partial charge in [-0.1, -0.05) is 0 Å². The summed E-state index contributed by atoms with van der Waals surface area (Å²) in [6, 6.07) is -0.666. The fraction of sp³-hybridized carbons (Fsp3) is 0.812. The van der Waals surface area contributed by atoms with Gasteiger partial charge in [-0.3, -0.25) is 15.0 Å². The van der Waals surface area contributed by atoms with Gasteiger partial charge in [-0.15, -0.1) is 0 Å². The van der Waals surface area contributed by atoms with Crippen LogP contribution < -0.4 is 27.1 Å². The van der Waals surface area contributed by atoms with Crippen molar-refractivity contribution in [3.8, 4) is 0 Å². The zero-order valence-electron chi connectivity index (χ0n) is 14.7. The monoisotopic (exact) mass is 371 g/mol. The fourth-order valence-electron chi connectivity index (χ4n) is 4.49. The first-order valence-electron chi connectivity index (χ1n) is 9.34. The number of nitrogens with two attached hydrogens (primary N) is 1. The maximum atomic E-state index is 14.6. The smallest absolute Gasteiger partial charge is 0.254 e. The van der Waals surface area contributed by atoms with E-state index in [4.69, 9.17) is 5.73 Å². The highest BCUT2D eigenvalue weighted by Crippen LogP contribution is 2.23. The summed E-state index contributed by atoms with van der Waals surface area (Å²) in [5, 5.41) is 10.6. The summed E-state index contributed by atoms with van der Waals surface area (Å²) in [6.07, 6.45) is -0.403. The van der Waals surface area contributed by atoms with Crippen molar-refractivity contribution in [2.45, 2.75) is 43.4 Å². The molecule has 146 valence electrons. The van der Waals surface area contributed by atoms with Crippen molar-refractivity contribution in [2.24, 2.45) is 5.73 Å². The van der Waals surface area contributed by atoms with E-state index in [2.05, 4.69) is 26.3 Å². The molecular weight excluding hydrogens is 344 g/mol. The maximum Gasteiger partial charge on any atom is 0.254 e. The number of alkyl halides is 2. The zero-order chi connectivity index (χ0) is 18.3. The number of carbonyl (C=O) groups is 1. The summed E-state index contributed by atoms with van der Waals surface area (Å²) in [4.78, 5) is 15.0. The lowest BCUT2D eigenvalue weighted by Crippen LogP contribution is -2.65. The van der Waals surface area contributed by atoms with Crippen LogP contribution in [0.1, 0.15) is 12.8 Å². The van der Waals surface area contributed by atoms with Crippen LogP contribution >= 0.6 is 0 Å². The fourth-order valence-corrected chi connectivity index (χ4v) is 4.49. The molecule has 0 saturated carbocycles. The summed E-state index contributed by atoms with van der Waals surface area (Å²) >= 11 is 0. The molecule has 4 heterocycles. The van der Waals surface area contributed by atoms with Crippen molar-refractivity contribution < 1.29 is 13.6 Å². The van der Waals surface area contributed by atoms with Gasteiger partial charge in [0.05, 0.1) is 24.2 Å². The van der Waals surface area contributed by atoms with Crippen LogP contribution in [0.3, 0.4) is 0 Å². The molecule has 6 N–H and O–H groups in total. The molecule has 4 aliphatic rings. The predicted molar refractivity (Wildman–Crippen MR) is 92.0 cm³/mol. The Morgan fingerprint density at radius 1 is 1.19 bits per heavy atom. The van der Waals surface area contributed by atoms with Crippen LogP contribution in [-0.4, -0.2) is 85.7 Å². The normalized spacial score (nSPS) is 38.9. The van der Waals surface area contributed by atoms with Gasteiger partial charge in [-0.05, 0) is 25.9 Å². The van der Waals surface area contributed by atoms with Crippen LogP contribution in [0.5, 0.6) is 0 Å². The average Bonchev–Trinajstić information content (AvgIpc) is 3.21. The maximum absolute atomic E-state index is 14.6. The molecule has 3 saturated heterocycles. The Balaban J connectivity index is 1.47. The van der Waals surface area contributed by atoms with Gasteiger partial charge in [-0.2, -0.15) is 5.01 Å². The lowest BCUT2D eigenvalue weighted by molar-refractivity contribution is -0.119. The van der Waals surface area contributed by atoms with E-state index >= 15 is 0 Å². The number of hydrogen-bond acceptors (Lipinski definition) is 7. The lowest BCUT2D eigenvalue weighted by atomic mass is 9.96. The molecule has 26 heavy (non-hydrogen) atoms. The number of fused-ring (bicyclic) bond motifs is 1. The van der Waals surface area contributed by atoms with Crippen LogP contribution in [-0.2, 0) is 4.79 Å². The molecule has 0 aliphatic carbocycles. The number of piperidine rings is 1. The van der Waals surface area contributed by atoms with E-state index in [1.54, 1.807) is 5.01 Å². The third kappa shape index (κ3) is 3.26. The van der Waals surface area contributed by atoms with Crippen molar-refractivity contribution >= 4 is 5.91 Å². The number of nitrogens with zero attached hydrogens (tertiary/aromatic N) is 2. The van der Waals surface area contributed by atoms with Gasteiger partial charge in [0, 0.05) is 19.6 Å². The molecular formula is C16H27F2N7O. The van der Waals surface area contributed by atoms with Gasteiger partial charge in [0.15, 0.2) is 0 Å². The molecule has 4 rings (SSSR count). The number of carbonyl (C=O) groups excluding carboxylic acids is 1. The Morgan fingerprint density at radius 3 is 2.73 bits per heavy atom. The van der Waals surface area contributed by atoms with Crippen LogP contribution in [0.25, 0.3) is 0 Å². The van der Waals surface area contributed by atoms with Crippen LogP contribution in [0, 0.1) is 0 Å². The summed E-state index contributed by atoms with van der Waals surface area (Å²) in [6.45, 7) is 2.86. The van der Waals surface area contributed by atoms with Gasteiger partial charge in [0.2, 0.25) is 0 Å². The summed E-state index contributed by atoms with van der Waals surface area (Å²) in [5.41, 5.74) is 9.18. The SMILES string of the molecule is NC1=C(C(=O)NC2CNCC(F)C2N2CCCC2)C2NCC(F)CN2N1. The molecule has 0 aromatic carbocycles. The quantitative estimate of drug-likeness (QED) is 0.397. The minimum atomic E-state index is -1.03. The van der Waals surface area contributed by atoms with Crippen molar-refractivity contribution in [3.63, 3.8) is 0 Å². The highest BCUT2D eigenvalue weighted by Gasteiger charge is 2.43. The van der Waals surface area contributed by atoms with E-state index in [1.165, 1.54) is 0 Å². The van der Waals surface area contributed by atoms with Gasteiger partial charge in [0.25, 0.3) is 5.91 Å². The Labute approximate surface area is 151 Å². The third-order valence-corrected chi connectivity index (χ3v) is 5.68. The predicted octanol–water partition coefficient (Wildman–Crippen LogP) is -1.87. The molecule has 3 fully saturated rings. The Hall–Kier alpha value is -1.49. The topological polar surface area (TPSA) is 97.7 Å². The molecule has 0 aromatic rings. The van der Waals surface area contributed by atoms with Gasteiger partial charge in [0.1, 0.15) is 24.3 Å². The van der Waals surface area contributed by atoms with Crippen LogP contribution in [0.2, 0.25) is 0 Å². The standard InChI is InChI=1S/C16H27F2N7O/c17-9-5-21-15-12(14(19)23-25(15)8-9)16(26)22-11-7-20-6-10(18)13(11)24-3-1-2-4-24/h9-11,13,15,20-21,23H,1-8,19H2,(H,22,26). The molecule has 0 bridgehead atoms. The average molecular weight is 371 g/mol. The third-order valence-electron chi connectivity index (χ3n) is 5.68. The molecule has 0 spiro atoms. The zero-order valence-corrected chi connectivity index (χ0v) is 14.7. The largest absolute Gasteiger partial charge is 0.384 e. The van der Waals surface area contributed by atoms with E-state index in [-0.39, 0.29) is 36.9 Å². The number of amides is 1. The number of nitrogens with one attached hydrogen (secondary N) is 4. The first-order chi connectivity index (χ1) is 12.5. The summed E-state index contributed by atoms with van der Waals surface area (Å²) in [5.74, 6) is -0.121. The number of likely N-dealkylation sites (tertiary alicyclic amines) is 1. The Morgan fingerprint density at radius 2 is 1.96 bits per heavy atom. The van der Waals surface area contributed by atoms with E-state index in [0.29, 0.717) is 18.7 Å². The Bertz CT molecular complexity index is 583. The molecule has 0 aromatic heterocycles. The number of hydrogen-bond donors (Lipinski definition) is 5. The highest BCUT2D eigenvalue weighted by molar-refractivity contribution is 5.96. The number of rotatable bonds is 3. The van der Waals surface area contributed by atoms with Crippen molar-refractivity contribution in [2.75, 3.05) is 39.3 Å². The second-order valence-electron chi connectivity index (χ2n) is 7.49. The van der Waals surface area contributed by atoms with Crippen LogP contribution in [0.15, 0.2) is 11.4 Å². The van der Waals surface area contributed by atoms with Gasteiger partial charge < -0.3 is 21.8 Å². The molecule has 0 radical (unpaired) electrons. The Kier molecular flexibility index (Phi) is 5.00. The lowest BCUT2D eigenvalue weighted by Gasteiger charge is -2.41. The first kappa shape index (κ1) is 17.9. The molecule has 1 amide bonds. The van der Waals surface area contributed by atoms with Crippen molar-refractivity contribution in [3.05, 3.63) is 11.4 Å². The second-order valence-corrected chi connectivity index (χ2v) is 7.49. The highest BCUT2D eigenvalue weighted by atomic mass is 19.1. The van der Waals surface area contributed by atoms with E-state index < -0.39 is 18.5 Å². The minimum Gasteiger partial charge on any atom is -0.384 e. The molecule has 10 heteroatoms. The minimum absolute atomic E-state index is 0.156. The summed E-state index contributed by atoms with van der Waals surface area (Å²) in [7, 11) is 0. The van der Waals surface area contributed by atoms with Crippen molar-refractivity contribution in [1.82, 2.24) is 31.3 Å². The van der Waals surface area contributed by atoms with Crippen LogP contribution in [0.4, 0.5) is 8.78 Å². The van der Waals surface area contributed by atoms with Gasteiger partial charge in [-0.25, -0.2) is 8.78 Å². The molecule has 4 aliphatic heterocycles. The van der Waals surface area contributed by atoms with E-state index in [9.17, 15) is 13.6 Å². The molecule has 5 unspecified atom stereocenters. The first-order valence-corrected chi connectivity index (χ1v) is 9.34. The van der Waals surface area contributed by atoms with Crippen molar-refractivity contribution in [1.29, 1.82) is 0 Å². The number of halogens is 2. The summed E-state index contributed by atoms with van der Waals surface area (Å²) < 4.78 is 28.2. The molecule has 8 nitrogen and oxygen atoms in total.